The molecule has 1 aromatic carbocycles. The zero-order chi connectivity index (χ0) is 16.5. The Kier molecular flexibility index (Phi) is 7.04. The molecule has 0 aromatic heterocycles. The third-order valence-electron chi connectivity index (χ3n) is 2.94. The molecule has 1 atom stereocenters. The quantitative estimate of drug-likeness (QED) is 0.373. The summed E-state index contributed by atoms with van der Waals surface area (Å²) in [5.41, 5.74) is 5.48. The van der Waals surface area contributed by atoms with Crippen molar-refractivity contribution in [1.82, 2.24) is 5.32 Å². The lowest BCUT2D eigenvalue weighted by molar-refractivity contribution is -0.139. The molecule has 0 aliphatic rings. The molecule has 0 aliphatic carbocycles. The molecule has 0 saturated carbocycles. The second kappa shape index (κ2) is 8.78. The first-order chi connectivity index (χ1) is 10.5. The van der Waals surface area contributed by atoms with Crippen LogP contribution >= 0.6 is 0 Å². The molecule has 1 amide bonds. The van der Waals surface area contributed by atoms with E-state index in [0.29, 0.717) is 19.4 Å². The first kappa shape index (κ1) is 17.6. The summed E-state index contributed by atoms with van der Waals surface area (Å²) in [6.45, 7) is 1.69. The highest BCUT2D eigenvalue weighted by molar-refractivity contribution is 5.99. The van der Waals surface area contributed by atoms with E-state index in [4.69, 9.17) is 15.6 Å². The summed E-state index contributed by atoms with van der Waals surface area (Å²) in [5.74, 6) is -2.18. The van der Waals surface area contributed by atoms with Gasteiger partial charge >= 0.3 is 11.9 Å². The molecule has 1 rings (SSSR count). The fourth-order valence-electron chi connectivity index (χ4n) is 1.88. The Morgan fingerprint density at radius 2 is 1.95 bits per heavy atom. The lowest BCUT2D eigenvalue weighted by Crippen LogP contribution is -2.41. The van der Waals surface area contributed by atoms with Crippen LogP contribution in [-0.2, 0) is 9.59 Å². The summed E-state index contributed by atoms with van der Waals surface area (Å²) >= 11 is 0. The maximum atomic E-state index is 12.2. The van der Waals surface area contributed by atoms with Gasteiger partial charge in [-0.3, -0.25) is 9.59 Å². The number of carbonyl (C=O) groups excluding carboxylic acids is 2. The predicted molar refractivity (Wildman–Crippen MR) is 79.5 cm³/mol. The fraction of sp³-hybridized carbons (Fsp3) is 0.400. The molecule has 120 valence electrons. The molecule has 0 bridgehead atoms. The summed E-state index contributed by atoms with van der Waals surface area (Å²) in [4.78, 5) is 34.4. The van der Waals surface area contributed by atoms with Crippen LogP contribution in [0.4, 0.5) is 0 Å². The van der Waals surface area contributed by atoms with Crippen molar-refractivity contribution in [2.75, 3.05) is 6.54 Å². The van der Waals surface area contributed by atoms with Crippen molar-refractivity contribution in [3.8, 4) is 5.75 Å². The van der Waals surface area contributed by atoms with Gasteiger partial charge in [-0.05, 0) is 37.9 Å². The fourth-order valence-corrected chi connectivity index (χ4v) is 1.88. The Morgan fingerprint density at radius 3 is 2.55 bits per heavy atom. The van der Waals surface area contributed by atoms with E-state index in [0.717, 1.165) is 0 Å². The van der Waals surface area contributed by atoms with Gasteiger partial charge in [-0.2, -0.15) is 0 Å². The van der Waals surface area contributed by atoms with E-state index in [1.807, 2.05) is 0 Å². The molecule has 7 heteroatoms. The zero-order valence-corrected chi connectivity index (χ0v) is 12.4. The molecule has 0 spiro atoms. The molecule has 0 radical (unpaired) electrons. The average molecular weight is 308 g/mol. The van der Waals surface area contributed by atoms with Crippen molar-refractivity contribution >= 4 is 17.8 Å². The van der Waals surface area contributed by atoms with Gasteiger partial charge in [-0.25, -0.2) is 4.79 Å². The van der Waals surface area contributed by atoms with Gasteiger partial charge in [0.25, 0.3) is 5.91 Å². The van der Waals surface area contributed by atoms with Gasteiger partial charge in [-0.15, -0.1) is 0 Å². The van der Waals surface area contributed by atoms with Crippen LogP contribution in [0.2, 0.25) is 0 Å². The molecule has 7 nitrogen and oxygen atoms in total. The summed E-state index contributed by atoms with van der Waals surface area (Å²) in [6, 6.07) is 5.15. The molecule has 0 saturated heterocycles. The molecule has 0 heterocycles. The lowest BCUT2D eigenvalue weighted by atomic mass is 10.1. The van der Waals surface area contributed by atoms with E-state index < -0.39 is 23.9 Å². The van der Waals surface area contributed by atoms with Gasteiger partial charge in [0.15, 0.2) is 0 Å². The van der Waals surface area contributed by atoms with Crippen LogP contribution in [0.15, 0.2) is 24.3 Å². The normalized spacial score (nSPS) is 11.5. The van der Waals surface area contributed by atoms with Gasteiger partial charge in [0, 0.05) is 6.92 Å². The second-order valence-corrected chi connectivity index (χ2v) is 4.74. The maximum Gasteiger partial charge on any atom is 0.326 e. The van der Waals surface area contributed by atoms with E-state index in [2.05, 4.69) is 5.32 Å². The number of ether oxygens (including phenoxy) is 1. The summed E-state index contributed by atoms with van der Waals surface area (Å²) < 4.78 is 4.94. The van der Waals surface area contributed by atoms with E-state index in [-0.39, 0.29) is 17.7 Å². The van der Waals surface area contributed by atoms with Crippen LogP contribution in [0.5, 0.6) is 5.75 Å². The van der Waals surface area contributed by atoms with Crippen LogP contribution in [0.1, 0.15) is 36.5 Å². The number of unbranched alkanes of at least 4 members (excludes halogenated alkanes) is 1. The van der Waals surface area contributed by atoms with Crippen LogP contribution in [0.25, 0.3) is 0 Å². The molecule has 0 fully saturated rings. The summed E-state index contributed by atoms with van der Waals surface area (Å²) in [6.07, 6.45) is 1.57. The predicted octanol–water partition coefficient (Wildman–Crippen LogP) is 0.924. The number of nitrogens with one attached hydrogen (secondary N) is 1. The van der Waals surface area contributed by atoms with Crippen molar-refractivity contribution in [3.05, 3.63) is 29.8 Å². The zero-order valence-electron chi connectivity index (χ0n) is 12.4. The standard InChI is InChI=1S/C15H20N2O5/c1-10(18)22-13-8-3-2-6-11(13)14(19)17-12(15(20)21)7-4-5-9-16/h2-3,6,8,12H,4-5,7,9,16H2,1H3,(H,17,19)(H,20,21). The second-order valence-electron chi connectivity index (χ2n) is 4.74. The Morgan fingerprint density at radius 1 is 1.27 bits per heavy atom. The number of aliphatic carboxylic acids is 1. The van der Waals surface area contributed by atoms with Crippen molar-refractivity contribution in [1.29, 1.82) is 0 Å². The number of benzene rings is 1. The third-order valence-corrected chi connectivity index (χ3v) is 2.94. The number of esters is 1. The minimum Gasteiger partial charge on any atom is -0.480 e. The number of hydrogen-bond acceptors (Lipinski definition) is 5. The smallest absolute Gasteiger partial charge is 0.326 e. The SMILES string of the molecule is CC(=O)Oc1ccccc1C(=O)NC(CCCCN)C(=O)O. The number of nitrogens with two attached hydrogens (primary N) is 1. The highest BCUT2D eigenvalue weighted by Gasteiger charge is 2.22. The molecule has 0 aliphatic heterocycles. The van der Waals surface area contributed by atoms with Gasteiger partial charge in [0.05, 0.1) is 5.56 Å². The Hall–Kier alpha value is -2.41. The number of carboxylic acids is 1. The maximum absolute atomic E-state index is 12.2. The van der Waals surface area contributed by atoms with Crippen LogP contribution < -0.4 is 15.8 Å². The minimum atomic E-state index is -1.12. The highest BCUT2D eigenvalue weighted by Crippen LogP contribution is 2.18. The topological polar surface area (TPSA) is 119 Å². The number of hydrogen-bond donors (Lipinski definition) is 3. The number of amides is 1. The Labute approximate surface area is 128 Å². The van der Waals surface area contributed by atoms with E-state index in [1.165, 1.54) is 19.1 Å². The van der Waals surface area contributed by atoms with E-state index >= 15 is 0 Å². The first-order valence-corrected chi connectivity index (χ1v) is 6.97. The summed E-state index contributed by atoms with van der Waals surface area (Å²) in [5, 5.41) is 11.6. The van der Waals surface area contributed by atoms with Crippen molar-refractivity contribution in [2.45, 2.75) is 32.2 Å². The molecule has 1 unspecified atom stereocenters. The van der Waals surface area contributed by atoms with Gasteiger partial charge < -0.3 is 20.9 Å². The number of rotatable bonds is 8. The molecule has 1 aromatic rings. The van der Waals surface area contributed by atoms with Crippen molar-refractivity contribution < 1.29 is 24.2 Å². The number of carboxylic acid groups (broad SMARTS) is 1. The Bertz CT molecular complexity index is 544. The van der Waals surface area contributed by atoms with Gasteiger partial charge in [0.2, 0.25) is 0 Å². The molecule has 4 N–H and O–H groups in total. The highest BCUT2D eigenvalue weighted by atomic mass is 16.5. The Balaban J connectivity index is 2.81. The monoisotopic (exact) mass is 308 g/mol. The van der Waals surface area contributed by atoms with Gasteiger partial charge in [0.1, 0.15) is 11.8 Å². The number of carbonyl (C=O) groups is 3. The largest absolute Gasteiger partial charge is 0.480 e. The van der Waals surface area contributed by atoms with E-state index in [1.54, 1.807) is 12.1 Å². The lowest BCUT2D eigenvalue weighted by Gasteiger charge is -2.15. The molecule has 22 heavy (non-hydrogen) atoms. The van der Waals surface area contributed by atoms with Crippen LogP contribution in [-0.4, -0.2) is 35.5 Å². The third kappa shape index (κ3) is 5.53. The first-order valence-electron chi connectivity index (χ1n) is 6.97. The van der Waals surface area contributed by atoms with E-state index in [9.17, 15) is 14.4 Å². The molecular weight excluding hydrogens is 288 g/mol. The van der Waals surface area contributed by atoms with Crippen molar-refractivity contribution in [3.63, 3.8) is 0 Å². The molecular formula is C15H20N2O5. The van der Waals surface area contributed by atoms with Crippen LogP contribution in [0.3, 0.4) is 0 Å². The summed E-state index contributed by atoms with van der Waals surface area (Å²) in [7, 11) is 0. The van der Waals surface area contributed by atoms with Crippen molar-refractivity contribution in [2.24, 2.45) is 5.73 Å². The minimum absolute atomic E-state index is 0.0959. The van der Waals surface area contributed by atoms with Gasteiger partial charge in [-0.1, -0.05) is 12.1 Å². The number of para-hydroxylation sites is 1. The van der Waals surface area contributed by atoms with Crippen LogP contribution in [0, 0.1) is 0 Å². The average Bonchev–Trinajstić information content (AvgIpc) is 2.46.